The van der Waals surface area contributed by atoms with Crippen molar-refractivity contribution >= 4 is 11.6 Å². The van der Waals surface area contributed by atoms with Crippen molar-refractivity contribution in [3.8, 4) is 0 Å². The third-order valence-electron chi connectivity index (χ3n) is 3.30. The van der Waals surface area contributed by atoms with E-state index < -0.39 is 10.8 Å². The highest BCUT2D eigenvalue weighted by molar-refractivity contribution is 5.83. The van der Waals surface area contributed by atoms with E-state index >= 15 is 0 Å². The average molecular weight is 288 g/mol. The summed E-state index contributed by atoms with van der Waals surface area (Å²) in [6.07, 6.45) is 3.38. The number of hydrogen-bond acceptors (Lipinski definition) is 4. The van der Waals surface area contributed by atoms with Crippen LogP contribution in [0.4, 0.5) is 5.69 Å². The third kappa shape index (κ3) is 3.44. The van der Waals surface area contributed by atoms with Gasteiger partial charge in [0.05, 0.1) is 17.0 Å². The molecule has 1 aromatic carbocycles. The van der Waals surface area contributed by atoms with E-state index in [0.717, 1.165) is 5.56 Å². The lowest BCUT2D eigenvalue weighted by Gasteiger charge is -2.21. The summed E-state index contributed by atoms with van der Waals surface area (Å²) in [7, 11) is 1.70. The minimum Gasteiger partial charge on any atom is -0.341 e. The first kappa shape index (κ1) is 14.7. The summed E-state index contributed by atoms with van der Waals surface area (Å²) in [5, 5.41) is 17.3. The van der Waals surface area contributed by atoms with Crippen LogP contribution in [0.5, 0.6) is 0 Å². The van der Waals surface area contributed by atoms with Gasteiger partial charge in [-0.05, 0) is 12.5 Å². The Kier molecular flexibility index (Phi) is 4.32. The molecule has 1 atom stereocenters. The van der Waals surface area contributed by atoms with Gasteiger partial charge in [-0.2, -0.15) is 5.10 Å². The molecule has 0 fully saturated rings. The molecule has 110 valence electrons. The van der Waals surface area contributed by atoms with E-state index in [2.05, 4.69) is 10.2 Å². The van der Waals surface area contributed by atoms with E-state index in [0.29, 0.717) is 12.1 Å². The van der Waals surface area contributed by atoms with Gasteiger partial charge in [-0.1, -0.05) is 12.1 Å². The SMILES string of the molecule is CC(C(=O)N(C)Cc1cn[nH]c1)c1cccc([N+](=O)[O-])c1. The summed E-state index contributed by atoms with van der Waals surface area (Å²) in [5.41, 5.74) is 1.52. The van der Waals surface area contributed by atoms with Crippen LogP contribution in [0.3, 0.4) is 0 Å². The predicted molar refractivity (Wildman–Crippen MR) is 76.6 cm³/mol. The number of carbonyl (C=O) groups is 1. The van der Waals surface area contributed by atoms with Crippen LogP contribution in [-0.4, -0.2) is 33.0 Å². The standard InChI is InChI=1S/C14H16N4O3/c1-10(12-4-3-5-13(6-12)18(20)21)14(19)17(2)9-11-7-15-16-8-11/h3-8,10H,9H2,1-2H3,(H,15,16). The fraction of sp³-hybridized carbons (Fsp3) is 0.286. The molecule has 0 spiro atoms. The molecule has 1 heterocycles. The van der Waals surface area contributed by atoms with Gasteiger partial charge >= 0.3 is 0 Å². The Balaban J connectivity index is 2.11. The summed E-state index contributed by atoms with van der Waals surface area (Å²) < 4.78 is 0. The van der Waals surface area contributed by atoms with Crippen LogP contribution in [0.2, 0.25) is 0 Å². The van der Waals surface area contributed by atoms with Crippen molar-refractivity contribution in [3.05, 3.63) is 57.9 Å². The van der Waals surface area contributed by atoms with Crippen LogP contribution < -0.4 is 0 Å². The normalized spacial score (nSPS) is 11.9. The number of nitrogens with one attached hydrogen (secondary N) is 1. The fourth-order valence-electron chi connectivity index (χ4n) is 2.10. The summed E-state index contributed by atoms with van der Waals surface area (Å²) >= 11 is 0. The van der Waals surface area contributed by atoms with E-state index in [1.165, 1.54) is 12.1 Å². The van der Waals surface area contributed by atoms with Gasteiger partial charge in [0.2, 0.25) is 5.91 Å². The van der Waals surface area contributed by atoms with Crippen molar-refractivity contribution in [1.29, 1.82) is 0 Å². The molecule has 2 aromatic rings. The van der Waals surface area contributed by atoms with Crippen molar-refractivity contribution < 1.29 is 9.72 Å². The highest BCUT2D eigenvalue weighted by Gasteiger charge is 2.21. The molecule has 21 heavy (non-hydrogen) atoms. The Morgan fingerprint density at radius 2 is 2.29 bits per heavy atom. The zero-order valence-electron chi connectivity index (χ0n) is 11.8. The lowest BCUT2D eigenvalue weighted by molar-refractivity contribution is -0.384. The number of hydrogen-bond donors (Lipinski definition) is 1. The molecule has 0 bridgehead atoms. The zero-order valence-corrected chi connectivity index (χ0v) is 11.8. The molecule has 1 amide bonds. The second kappa shape index (κ2) is 6.17. The number of aromatic nitrogens is 2. The number of carbonyl (C=O) groups excluding carboxylic acids is 1. The number of non-ortho nitro benzene ring substituents is 1. The maximum absolute atomic E-state index is 12.4. The molecule has 0 aliphatic heterocycles. The fourth-order valence-corrected chi connectivity index (χ4v) is 2.10. The van der Waals surface area contributed by atoms with Gasteiger partial charge in [0, 0.05) is 37.5 Å². The monoisotopic (exact) mass is 288 g/mol. The lowest BCUT2D eigenvalue weighted by atomic mass is 9.99. The number of nitro groups is 1. The molecule has 0 aliphatic carbocycles. The van der Waals surface area contributed by atoms with Crippen LogP contribution in [0, 0.1) is 10.1 Å². The van der Waals surface area contributed by atoms with Crippen molar-refractivity contribution in [3.63, 3.8) is 0 Å². The van der Waals surface area contributed by atoms with Gasteiger partial charge in [0.25, 0.3) is 5.69 Å². The largest absolute Gasteiger partial charge is 0.341 e. The Labute approximate surface area is 121 Å². The van der Waals surface area contributed by atoms with Crippen LogP contribution >= 0.6 is 0 Å². The number of nitro benzene ring substituents is 1. The molecular weight excluding hydrogens is 272 g/mol. The Bertz CT molecular complexity index is 639. The van der Waals surface area contributed by atoms with Crippen molar-refractivity contribution in [1.82, 2.24) is 15.1 Å². The first-order valence-corrected chi connectivity index (χ1v) is 6.46. The summed E-state index contributed by atoms with van der Waals surface area (Å²) in [6.45, 7) is 2.18. The topological polar surface area (TPSA) is 92.1 Å². The molecule has 1 N–H and O–H groups in total. The molecule has 0 aliphatic rings. The number of aromatic amines is 1. The van der Waals surface area contributed by atoms with Crippen molar-refractivity contribution in [2.75, 3.05) is 7.05 Å². The number of rotatable bonds is 5. The van der Waals surface area contributed by atoms with Crippen LogP contribution in [-0.2, 0) is 11.3 Å². The first-order chi connectivity index (χ1) is 9.99. The second-order valence-electron chi connectivity index (χ2n) is 4.87. The third-order valence-corrected chi connectivity index (χ3v) is 3.30. The summed E-state index contributed by atoms with van der Waals surface area (Å²) in [6, 6.07) is 6.17. The lowest BCUT2D eigenvalue weighted by Crippen LogP contribution is -2.30. The quantitative estimate of drug-likeness (QED) is 0.673. The van der Waals surface area contributed by atoms with Crippen LogP contribution in [0.15, 0.2) is 36.7 Å². The summed E-state index contributed by atoms with van der Waals surface area (Å²) in [4.78, 5) is 24.3. The number of nitrogens with zero attached hydrogens (tertiary/aromatic N) is 3. The van der Waals surface area contributed by atoms with Gasteiger partial charge in [0.15, 0.2) is 0 Å². The smallest absolute Gasteiger partial charge is 0.269 e. The molecule has 2 rings (SSSR count). The summed E-state index contributed by atoms with van der Waals surface area (Å²) in [5.74, 6) is -0.543. The number of benzene rings is 1. The minimum atomic E-state index is -0.462. The molecular formula is C14H16N4O3. The maximum atomic E-state index is 12.4. The van der Waals surface area contributed by atoms with E-state index in [1.807, 2.05) is 0 Å². The van der Waals surface area contributed by atoms with Gasteiger partial charge < -0.3 is 4.90 Å². The average Bonchev–Trinajstić information content (AvgIpc) is 2.98. The molecule has 0 radical (unpaired) electrons. The highest BCUT2D eigenvalue weighted by atomic mass is 16.6. The van der Waals surface area contributed by atoms with E-state index in [-0.39, 0.29) is 11.6 Å². The maximum Gasteiger partial charge on any atom is 0.269 e. The molecule has 1 unspecified atom stereocenters. The second-order valence-corrected chi connectivity index (χ2v) is 4.87. The van der Waals surface area contributed by atoms with Gasteiger partial charge in [-0.15, -0.1) is 0 Å². The van der Waals surface area contributed by atoms with E-state index in [9.17, 15) is 14.9 Å². The van der Waals surface area contributed by atoms with E-state index in [1.54, 1.807) is 43.4 Å². The Morgan fingerprint density at radius 3 is 2.90 bits per heavy atom. The van der Waals surface area contributed by atoms with Crippen molar-refractivity contribution in [2.24, 2.45) is 0 Å². The Hall–Kier alpha value is -2.70. The molecule has 7 nitrogen and oxygen atoms in total. The van der Waals surface area contributed by atoms with Crippen LogP contribution in [0.1, 0.15) is 24.0 Å². The predicted octanol–water partition coefficient (Wildman–Crippen LogP) is 2.08. The molecule has 0 saturated carbocycles. The molecule has 1 aromatic heterocycles. The van der Waals surface area contributed by atoms with Gasteiger partial charge in [-0.25, -0.2) is 0 Å². The van der Waals surface area contributed by atoms with E-state index in [4.69, 9.17) is 0 Å². The zero-order chi connectivity index (χ0) is 15.4. The number of H-pyrrole nitrogens is 1. The number of amides is 1. The Morgan fingerprint density at radius 1 is 1.52 bits per heavy atom. The van der Waals surface area contributed by atoms with Crippen LogP contribution in [0.25, 0.3) is 0 Å². The molecule has 0 saturated heterocycles. The van der Waals surface area contributed by atoms with Gasteiger partial charge in [0.1, 0.15) is 0 Å². The number of likely N-dealkylation sites (N-methyl/N-ethyl adjacent to an activating group) is 1. The first-order valence-electron chi connectivity index (χ1n) is 6.46. The molecule has 7 heteroatoms. The highest BCUT2D eigenvalue weighted by Crippen LogP contribution is 2.22. The van der Waals surface area contributed by atoms with Gasteiger partial charge in [-0.3, -0.25) is 20.0 Å². The minimum absolute atomic E-state index is 0.00959. The van der Waals surface area contributed by atoms with Crippen molar-refractivity contribution in [2.45, 2.75) is 19.4 Å².